The lowest BCUT2D eigenvalue weighted by molar-refractivity contribution is 0.285. The van der Waals surface area contributed by atoms with Crippen LogP contribution in [0.25, 0.3) is 22.6 Å². The maximum Gasteiger partial charge on any atom is 0.224 e. The van der Waals surface area contributed by atoms with Crippen LogP contribution in [0.3, 0.4) is 0 Å². The first-order chi connectivity index (χ1) is 16.2. The van der Waals surface area contributed by atoms with Crippen molar-refractivity contribution in [2.75, 3.05) is 13.7 Å². The SMILES string of the molecule is CCn1nnnc1-c1ccc(-c2cnc(C)nc2OC[C@H]2C[C@@H]2c2ccc(OC)cn2)cn1. The minimum Gasteiger partial charge on any atom is -0.495 e. The van der Waals surface area contributed by atoms with Crippen LogP contribution in [0.5, 0.6) is 11.6 Å². The van der Waals surface area contributed by atoms with E-state index in [0.29, 0.717) is 48.2 Å². The molecule has 4 heterocycles. The lowest BCUT2D eigenvalue weighted by Crippen LogP contribution is -2.06. The van der Waals surface area contributed by atoms with Crippen molar-refractivity contribution in [1.29, 1.82) is 0 Å². The van der Waals surface area contributed by atoms with Gasteiger partial charge in [-0.3, -0.25) is 9.97 Å². The van der Waals surface area contributed by atoms with Crippen LogP contribution in [0.4, 0.5) is 0 Å². The molecule has 0 bridgehead atoms. The van der Waals surface area contributed by atoms with Gasteiger partial charge in [0.15, 0.2) is 0 Å². The summed E-state index contributed by atoms with van der Waals surface area (Å²) in [6.45, 7) is 5.07. The number of tetrazole rings is 1. The zero-order valence-corrected chi connectivity index (χ0v) is 18.7. The third kappa shape index (κ3) is 4.36. The molecule has 0 N–H and O–H groups in total. The lowest BCUT2D eigenvalue weighted by atomic mass is 10.1. The summed E-state index contributed by atoms with van der Waals surface area (Å²) in [6, 6.07) is 7.81. The van der Waals surface area contributed by atoms with Crippen molar-refractivity contribution in [1.82, 2.24) is 40.1 Å². The molecule has 33 heavy (non-hydrogen) atoms. The Labute approximate surface area is 191 Å². The van der Waals surface area contributed by atoms with Gasteiger partial charge in [0.2, 0.25) is 11.7 Å². The van der Waals surface area contributed by atoms with Crippen LogP contribution in [0.1, 0.15) is 30.8 Å². The van der Waals surface area contributed by atoms with E-state index < -0.39 is 0 Å². The number of aryl methyl sites for hydroxylation is 2. The molecular formula is C23H24N8O2. The largest absolute Gasteiger partial charge is 0.495 e. The minimum absolute atomic E-state index is 0.396. The highest BCUT2D eigenvalue weighted by molar-refractivity contribution is 5.68. The summed E-state index contributed by atoms with van der Waals surface area (Å²) >= 11 is 0. The monoisotopic (exact) mass is 444 g/mol. The Balaban J connectivity index is 1.30. The molecule has 0 amide bonds. The number of nitrogens with zero attached hydrogens (tertiary/aromatic N) is 8. The first kappa shape index (κ1) is 20.9. The Bertz CT molecular complexity index is 1240. The Kier molecular flexibility index (Phi) is 5.64. The van der Waals surface area contributed by atoms with Crippen LogP contribution in [0.15, 0.2) is 42.9 Å². The average Bonchev–Trinajstić information content (AvgIpc) is 3.48. The van der Waals surface area contributed by atoms with Gasteiger partial charge in [-0.25, -0.2) is 9.67 Å². The average molecular weight is 444 g/mol. The number of ether oxygens (including phenoxy) is 2. The van der Waals surface area contributed by atoms with E-state index in [1.165, 1.54) is 0 Å². The van der Waals surface area contributed by atoms with E-state index in [4.69, 9.17) is 9.47 Å². The first-order valence-electron chi connectivity index (χ1n) is 10.9. The summed E-state index contributed by atoms with van der Waals surface area (Å²) in [5.41, 5.74) is 3.44. The zero-order valence-electron chi connectivity index (χ0n) is 18.7. The summed E-state index contributed by atoms with van der Waals surface area (Å²) in [6.07, 6.45) is 6.35. The predicted molar refractivity (Wildman–Crippen MR) is 120 cm³/mol. The maximum absolute atomic E-state index is 6.16. The fraction of sp³-hybridized carbons (Fsp3) is 0.348. The van der Waals surface area contributed by atoms with Gasteiger partial charge < -0.3 is 9.47 Å². The summed E-state index contributed by atoms with van der Waals surface area (Å²) in [5.74, 6) is 3.41. The molecule has 1 aliphatic rings. The van der Waals surface area contributed by atoms with Crippen molar-refractivity contribution in [2.24, 2.45) is 5.92 Å². The van der Waals surface area contributed by atoms with Gasteiger partial charge in [0.05, 0.1) is 25.5 Å². The van der Waals surface area contributed by atoms with Crippen molar-refractivity contribution < 1.29 is 9.47 Å². The quantitative estimate of drug-likeness (QED) is 0.404. The van der Waals surface area contributed by atoms with E-state index in [1.807, 2.05) is 38.1 Å². The molecule has 10 heteroatoms. The van der Waals surface area contributed by atoms with E-state index in [2.05, 4.69) is 35.5 Å². The van der Waals surface area contributed by atoms with Crippen LogP contribution in [0.2, 0.25) is 0 Å². The highest BCUT2D eigenvalue weighted by Crippen LogP contribution is 2.47. The first-order valence-corrected chi connectivity index (χ1v) is 10.9. The van der Waals surface area contributed by atoms with Gasteiger partial charge in [-0.15, -0.1) is 5.10 Å². The smallest absolute Gasteiger partial charge is 0.224 e. The Morgan fingerprint density at radius 1 is 1.06 bits per heavy atom. The molecule has 0 saturated heterocycles. The Morgan fingerprint density at radius 3 is 2.70 bits per heavy atom. The van der Waals surface area contributed by atoms with Gasteiger partial charge in [0.25, 0.3) is 0 Å². The third-order valence-electron chi connectivity index (χ3n) is 5.74. The summed E-state index contributed by atoms with van der Waals surface area (Å²) in [5, 5.41) is 11.8. The van der Waals surface area contributed by atoms with Crippen molar-refractivity contribution in [3.05, 3.63) is 54.4 Å². The number of hydrogen-bond acceptors (Lipinski definition) is 9. The molecule has 1 fully saturated rings. The number of aromatic nitrogens is 8. The summed E-state index contributed by atoms with van der Waals surface area (Å²) in [4.78, 5) is 18.0. The van der Waals surface area contributed by atoms with E-state index in [1.54, 1.807) is 30.4 Å². The van der Waals surface area contributed by atoms with Gasteiger partial charge in [0, 0.05) is 42.0 Å². The number of methoxy groups -OCH3 is 1. The molecule has 0 aromatic carbocycles. The van der Waals surface area contributed by atoms with Crippen LogP contribution in [-0.4, -0.2) is 53.9 Å². The molecule has 0 unspecified atom stereocenters. The Hall–Kier alpha value is -3.95. The maximum atomic E-state index is 6.16. The molecule has 168 valence electrons. The van der Waals surface area contributed by atoms with E-state index in [-0.39, 0.29) is 0 Å². The van der Waals surface area contributed by atoms with E-state index in [0.717, 1.165) is 29.0 Å². The lowest BCUT2D eigenvalue weighted by Gasteiger charge is -2.11. The molecule has 4 aromatic heterocycles. The fourth-order valence-electron chi connectivity index (χ4n) is 3.76. The van der Waals surface area contributed by atoms with Crippen molar-refractivity contribution in [3.63, 3.8) is 0 Å². The molecule has 0 spiro atoms. The second kappa shape index (κ2) is 8.89. The third-order valence-corrected chi connectivity index (χ3v) is 5.74. The van der Waals surface area contributed by atoms with Crippen molar-refractivity contribution >= 4 is 0 Å². The van der Waals surface area contributed by atoms with Gasteiger partial charge in [0.1, 0.15) is 17.3 Å². The van der Waals surface area contributed by atoms with Gasteiger partial charge >= 0.3 is 0 Å². The van der Waals surface area contributed by atoms with Crippen molar-refractivity contribution in [2.45, 2.75) is 32.7 Å². The zero-order chi connectivity index (χ0) is 22.8. The molecule has 10 nitrogen and oxygen atoms in total. The minimum atomic E-state index is 0.396. The standard InChI is InChI=1S/C23H24N8O2/c1-4-31-22(28-29-30-31)21-7-5-15(10-25-21)19-12-24-14(2)27-23(19)33-13-16-9-18(16)20-8-6-17(32-3)11-26-20/h5-8,10-12,16,18H,4,9,13H2,1-3H3/t16-,18+/m1/s1. The van der Waals surface area contributed by atoms with Crippen LogP contribution in [-0.2, 0) is 6.54 Å². The van der Waals surface area contributed by atoms with Gasteiger partial charge in [-0.05, 0) is 48.9 Å². The molecular weight excluding hydrogens is 420 g/mol. The number of hydrogen-bond donors (Lipinski definition) is 0. The molecule has 0 aliphatic heterocycles. The highest BCUT2D eigenvalue weighted by Gasteiger charge is 2.40. The van der Waals surface area contributed by atoms with Crippen molar-refractivity contribution in [3.8, 4) is 34.3 Å². The van der Waals surface area contributed by atoms with E-state index in [9.17, 15) is 0 Å². The van der Waals surface area contributed by atoms with Crippen LogP contribution < -0.4 is 9.47 Å². The second-order valence-electron chi connectivity index (χ2n) is 7.92. The summed E-state index contributed by atoms with van der Waals surface area (Å²) < 4.78 is 13.1. The number of pyridine rings is 2. The van der Waals surface area contributed by atoms with Crippen LogP contribution in [0, 0.1) is 12.8 Å². The summed E-state index contributed by atoms with van der Waals surface area (Å²) in [7, 11) is 1.64. The Morgan fingerprint density at radius 2 is 1.97 bits per heavy atom. The van der Waals surface area contributed by atoms with Crippen LogP contribution >= 0.6 is 0 Å². The predicted octanol–water partition coefficient (Wildman–Crippen LogP) is 3.11. The fourth-order valence-corrected chi connectivity index (χ4v) is 3.76. The highest BCUT2D eigenvalue weighted by atomic mass is 16.5. The molecule has 2 atom stereocenters. The molecule has 0 radical (unpaired) electrons. The second-order valence-corrected chi connectivity index (χ2v) is 7.92. The normalized spacial score (nSPS) is 17.1. The topological polar surface area (TPSA) is 114 Å². The molecule has 4 aromatic rings. The van der Waals surface area contributed by atoms with Gasteiger partial charge in [-0.1, -0.05) is 6.07 Å². The molecule has 5 rings (SSSR count). The van der Waals surface area contributed by atoms with Gasteiger partial charge in [-0.2, -0.15) is 4.98 Å². The number of rotatable bonds is 8. The molecule has 1 aliphatic carbocycles. The molecule has 1 saturated carbocycles. The van der Waals surface area contributed by atoms with E-state index >= 15 is 0 Å².